The lowest BCUT2D eigenvalue weighted by Gasteiger charge is -2.24. The summed E-state index contributed by atoms with van der Waals surface area (Å²) in [6, 6.07) is 2.90. The molecule has 9 nitrogen and oxygen atoms in total. The minimum atomic E-state index is -0.668. The molecule has 1 aromatic heterocycles. The summed E-state index contributed by atoms with van der Waals surface area (Å²) in [5.74, 6) is 1.08. The van der Waals surface area contributed by atoms with E-state index in [1.54, 1.807) is 39.8 Å². The van der Waals surface area contributed by atoms with Crippen LogP contribution in [0.1, 0.15) is 75.4 Å². The molecule has 9 heteroatoms. The largest absolute Gasteiger partial charge is 0.489 e. The van der Waals surface area contributed by atoms with Crippen LogP contribution in [0, 0.1) is 12.8 Å². The number of nitrogens with zero attached hydrogens (tertiary/aromatic N) is 1. The maximum atomic E-state index is 12.6. The summed E-state index contributed by atoms with van der Waals surface area (Å²) in [5, 5.41) is 2.82. The Morgan fingerprint density at radius 2 is 1.94 bits per heavy atom. The van der Waals surface area contributed by atoms with E-state index in [1.807, 2.05) is 13.8 Å². The Kier molecular flexibility index (Phi) is 7.50. The van der Waals surface area contributed by atoms with Crippen LogP contribution in [0.5, 0.6) is 17.2 Å². The van der Waals surface area contributed by atoms with E-state index in [0.717, 1.165) is 12.8 Å². The van der Waals surface area contributed by atoms with Crippen LogP contribution in [0.25, 0.3) is 0 Å². The second kappa shape index (κ2) is 10.1. The highest BCUT2D eigenvalue weighted by atomic mass is 16.6. The lowest BCUT2D eigenvalue weighted by molar-refractivity contribution is 0.0507. The molecule has 1 fully saturated rings. The zero-order valence-corrected chi connectivity index (χ0v) is 20.0. The van der Waals surface area contributed by atoms with Crippen LogP contribution in [0.2, 0.25) is 0 Å². The Morgan fingerprint density at radius 3 is 2.52 bits per heavy atom. The monoisotopic (exact) mass is 460 g/mol. The van der Waals surface area contributed by atoms with Gasteiger partial charge < -0.3 is 28.7 Å². The molecular formula is C24H32N2O7. The topological polar surface area (TPSA) is 109 Å². The minimum Gasteiger partial charge on any atom is -0.489 e. The number of oxazole rings is 1. The fourth-order valence-corrected chi connectivity index (χ4v) is 3.07. The predicted octanol–water partition coefficient (Wildman–Crippen LogP) is 4.98. The first-order valence-electron chi connectivity index (χ1n) is 11.1. The molecule has 2 aromatic rings. The Hall–Kier alpha value is -3.23. The lowest BCUT2D eigenvalue weighted by atomic mass is 10.1. The Balaban J connectivity index is 1.90. The Bertz CT molecular complexity index is 989. The van der Waals surface area contributed by atoms with Gasteiger partial charge in [-0.1, -0.05) is 0 Å². The number of rotatable bonds is 9. The van der Waals surface area contributed by atoms with E-state index in [4.69, 9.17) is 23.4 Å². The van der Waals surface area contributed by atoms with E-state index in [0.29, 0.717) is 42.1 Å². The summed E-state index contributed by atoms with van der Waals surface area (Å²) in [7, 11) is 0. The molecule has 33 heavy (non-hydrogen) atoms. The number of carbonyl (C=O) groups is 2. The highest BCUT2D eigenvalue weighted by Gasteiger charge is 2.28. The van der Waals surface area contributed by atoms with Gasteiger partial charge in [-0.15, -0.1) is 0 Å². The van der Waals surface area contributed by atoms with Crippen LogP contribution in [-0.4, -0.2) is 35.9 Å². The van der Waals surface area contributed by atoms with Crippen molar-refractivity contribution in [2.75, 3.05) is 13.2 Å². The second-order valence-electron chi connectivity index (χ2n) is 9.01. The van der Waals surface area contributed by atoms with Crippen molar-refractivity contribution in [2.45, 2.75) is 66.0 Å². The van der Waals surface area contributed by atoms with Gasteiger partial charge in [-0.3, -0.25) is 0 Å². The number of aryl methyl sites for hydroxylation is 1. The molecule has 1 N–H and O–H groups in total. The molecule has 0 radical (unpaired) electrons. The van der Waals surface area contributed by atoms with Gasteiger partial charge in [-0.05, 0) is 65.5 Å². The number of amides is 1. The lowest BCUT2D eigenvalue weighted by Crippen LogP contribution is -2.34. The quantitative estimate of drug-likeness (QED) is 0.412. The first kappa shape index (κ1) is 24.4. The van der Waals surface area contributed by atoms with Gasteiger partial charge >= 0.3 is 12.1 Å². The number of esters is 1. The van der Waals surface area contributed by atoms with E-state index in [2.05, 4.69) is 10.3 Å². The van der Waals surface area contributed by atoms with Gasteiger partial charge in [0.2, 0.25) is 5.75 Å². The van der Waals surface area contributed by atoms with Gasteiger partial charge in [-0.2, -0.15) is 0 Å². The number of nitrogens with one attached hydrogen (secondary N) is 1. The highest BCUT2D eigenvalue weighted by molar-refractivity contribution is 5.89. The number of hydrogen-bond acceptors (Lipinski definition) is 8. The number of aromatic nitrogens is 1. The van der Waals surface area contributed by atoms with Crippen LogP contribution < -0.4 is 19.5 Å². The van der Waals surface area contributed by atoms with Crippen molar-refractivity contribution in [3.63, 3.8) is 0 Å². The number of alkyl carbamates (subject to hydrolysis) is 1. The molecule has 1 amide bonds. The van der Waals surface area contributed by atoms with Crippen LogP contribution >= 0.6 is 0 Å². The van der Waals surface area contributed by atoms with Crippen LogP contribution in [0.15, 0.2) is 22.8 Å². The zero-order chi connectivity index (χ0) is 24.2. The van der Waals surface area contributed by atoms with Crippen molar-refractivity contribution in [1.29, 1.82) is 0 Å². The van der Waals surface area contributed by atoms with Crippen LogP contribution in [0.3, 0.4) is 0 Å². The minimum absolute atomic E-state index is 0.0580. The maximum Gasteiger partial charge on any atom is 0.408 e. The van der Waals surface area contributed by atoms with Crippen molar-refractivity contribution in [2.24, 2.45) is 5.92 Å². The molecular weight excluding hydrogens is 428 g/mol. The van der Waals surface area contributed by atoms with Gasteiger partial charge in [0.05, 0.1) is 19.3 Å². The van der Waals surface area contributed by atoms with Gasteiger partial charge in [-0.25, -0.2) is 14.6 Å². The third kappa shape index (κ3) is 6.87. The van der Waals surface area contributed by atoms with Gasteiger partial charge in [0.25, 0.3) is 0 Å². The molecule has 3 rings (SSSR count). The molecule has 0 spiro atoms. The van der Waals surface area contributed by atoms with Crippen molar-refractivity contribution in [3.8, 4) is 17.2 Å². The fraction of sp³-hybridized carbons (Fsp3) is 0.542. The predicted molar refractivity (Wildman–Crippen MR) is 120 cm³/mol. The SMILES string of the molecule is CCOc1c([C@H](C)NC(=O)OC(C)(C)C)ccc(OC(=O)c2coc(C)n2)c1OCC1CC1. The molecule has 0 bridgehead atoms. The maximum absolute atomic E-state index is 12.6. The Labute approximate surface area is 193 Å². The van der Waals surface area contributed by atoms with Crippen molar-refractivity contribution >= 4 is 12.1 Å². The average molecular weight is 461 g/mol. The summed E-state index contributed by atoms with van der Waals surface area (Å²) < 4.78 is 28.0. The number of benzene rings is 1. The third-order valence-electron chi connectivity index (χ3n) is 4.79. The van der Waals surface area contributed by atoms with Crippen molar-refractivity contribution in [1.82, 2.24) is 10.3 Å². The van der Waals surface area contributed by atoms with Crippen LogP contribution in [0.4, 0.5) is 4.79 Å². The molecule has 1 atom stereocenters. The molecule has 1 aliphatic rings. The smallest absolute Gasteiger partial charge is 0.408 e. The van der Waals surface area contributed by atoms with Crippen LogP contribution in [-0.2, 0) is 4.74 Å². The first-order chi connectivity index (χ1) is 15.6. The Morgan fingerprint density at radius 1 is 1.21 bits per heavy atom. The molecule has 0 saturated heterocycles. The number of hydrogen-bond donors (Lipinski definition) is 1. The summed E-state index contributed by atoms with van der Waals surface area (Å²) in [6.07, 6.45) is 2.88. The van der Waals surface area contributed by atoms with Gasteiger partial charge in [0, 0.05) is 12.5 Å². The molecule has 1 saturated carbocycles. The molecule has 180 valence electrons. The molecule has 1 aromatic carbocycles. The number of carbonyl (C=O) groups excluding carboxylic acids is 2. The van der Waals surface area contributed by atoms with E-state index < -0.39 is 23.7 Å². The molecule has 1 heterocycles. The normalized spacial score (nSPS) is 14.4. The fourth-order valence-electron chi connectivity index (χ4n) is 3.07. The van der Waals surface area contributed by atoms with Crippen molar-refractivity contribution in [3.05, 3.63) is 35.5 Å². The first-order valence-corrected chi connectivity index (χ1v) is 11.1. The second-order valence-corrected chi connectivity index (χ2v) is 9.01. The zero-order valence-electron chi connectivity index (χ0n) is 20.0. The summed E-state index contributed by atoms with van der Waals surface area (Å²) in [6.45, 7) is 11.5. The summed E-state index contributed by atoms with van der Waals surface area (Å²) >= 11 is 0. The molecule has 1 aliphatic carbocycles. The van der Waals surface area contributed by atoms with E-state index >= 15 is 0 Å². The van der Waals surface area contributed by atoms with Gasteiger partial charge in [0.1, 0.15) is 11.9 Å². The average Bonchev–Trinajstić information content (AvgIpc) is 3.44. The van der Waals surface area contributed by atoms with Crippen molar-refractivity contribution < 1.29 is 33.0 Å². The summed E-state index contributed by atoms with van der Waals surface area (Å²) in [4.78, 5) is 28.9. The molecule has 0 unspecified atom stereocenters. The standard InChI is InChI=1S/C24H32N2O7/c1-7-29-20-17(14(2)25-23(28)33-24(4,5)6)10-11-19(21(20)31-12-16-8-9-16)32-22(27)18-13-30-15(3)26-18/h10-11,13-14,16H,7-9,12H2,1-6H3,(H,25,28)/t14-/m0/s1. The molecule has 0 aliphatic heterocycles. The number of ether oxygens (including phenoxy) is 4. The van der Waals surface area contributed by atoms with E-state index in [1.165, 1.54) is 6.26 Å². The van der Waals surface area contributed by atoms with E-state index in [9.17, 15) is 9.59 Å². The highest BCUT2D eigenvalue weighted by Crippen LogP contribution is 2.44. The third-order valence-corrected chi connectivity index (χ3v) is 4.79. The van der Waals surface area contributed by atoms with E-state index in [-0.39, 0.29) is 11.4 Å². The summed E-state index contributed by atoms with van der Waals surface area (Å²) in [5.41, 5.74) is 0.107. The van der Waals surface area contributed by atoms with Gasteiger partial charge in [0.15, 0.2) is 23.1 Å².